The molecule has 3 N–H and O–H groups in total. The van der Waals surface area contributed by atoms with Crippen molar-refractivity contribution in [3.8, 4) is 0 Å². The van der Waals surface area contributed by atoms with Crippen LogP contribution in [0.15, 0.2) is 24.3 Å². The highest BCUT2D eigenvalue weighted by Gasteiger charge is 2.19. The topological polar surface area (TPSA) is 66.6 Å². The highest BCUT2D eigenvalue weighted by molar-refractivity contribution is 5.85. The number of hydrogen-bond donors (Lipinski definition) is 2. The van der Waals surface area contributed by atoms with Gasteiger partial charge in [0.15, 0.2) is 0 Å². The van der Waals surface area contributed by atoms with Crippen LogP contribution in [-0.4, -0.2) is 35.0 Å². The summed E-state index contributed by atoms with van der Waals surface area (Å²) in [7, 11) is 0. The Hall–Kier alpha value is -1.10. The summed E-state index contributed by atoms with van der Waals surface area (Å²) in [5.41, 5.74) is 7.53. The third-order valence-electron chi connectivity index (χ3n) is 2.94. The van der Waals surface area contributed by atoms with Crippen LogP contribution in [0.3, 0.4) is 0 Å². The number of halogens is 1. The first-order valence-corrected chi connectivity index (χ1v) is 6.24. The Morgan fingerprint density at radius 3 is 2.32 bits per heavy atom. The monoisotopic (exact) mass is 286 g/mol. The average molecular weight is 287 g/mol. The van der Waals surface area contributed by atoms with Crippen LogP contribution in [0.2, 0.25) is 0 Å². The lowest BCUT2D eigenvalue weighted by Crippen LogP contribution is -2.43. The van der Waals surface area contributed by atoms with Gasteiger partial charge in [0.1, 0.15) is 0 Å². The first kappa shape index (κ1) is 17.9. The molecule has 1 amide bonds. The third-order valence-corrected chi connectivity index (χ3v) is 2.94. The van der Waals surface area contributed by atoms with Crippen molar-refractivity contribution in [2.45, 2.75) is 32.9 Å². The van der Waals surface area contributed by atoms with Crippen molar-refractivity contribution in [2.75, 3.05) is 13.1 Å². The molecule has 0 saturated carbocycles. The van der Waals surface area contributed by atoms with Gasteiger partial charge in [0.25, 0.3) is 0 Å². The molecule has 0 aromatic heterocycles. The van der Waals surface area contributed by atoms with Gasteiger partial charge in [-0.1, -0.05) is 29.8 Å². The fraction of sp³-hybridized carbons (Fsp3) is 0.500. The van der Waals surface area contributed by atoms with E-state index in [1.54, 1.807) is 11.8 Å². The zero-order valence-corrected chi connectivity index (χ0v) is 12.5. The van der Waals surface area contributed by atoms with E-state index in [0.29, 0.717) is 6.54 Å². The molecular formula is C14H23ClN2O2. The van der Waals surface area contributed by atoms with E-state index in [1.165, 1.54) is 0 Å². The Kier molecular flexibility index (Phi) is 7.68. The smallest absolute Gasteiger partial charge is 0.239 e. The summed E-state index contributed by atoms with van der Waals surface area (Å²) in [6, 6.07) is 7.12. The second-order valence-corrected chi connectivity index (χ2v) is 4.59. The normalized spacial score (nSPS) is 13.3. The van der Waals surface area contributed by atoms with Crippen molar-refractivity contribution in [1.82, 2.24) is 4.90 Å². The molecule has 0 fully saturated rings. The number of carbonyl (C=O) groups is 1. The number of aliphatic hydroxyl groups is 1. The molecule has 5 heteroatoms. The lowest BCUT2D eigenvalue weighted by molar-refractivity contribution is -0.133. The molecule has 1 rings (SSSR count). The minimum atomic E-state index is -0.673. The highest BCUT2D eigenvalue weighted by atomic mass is 35.5. The van der Waals surface area contributed by atoms with Gasteiger partial charge in [-0.05, 0) is 26.3 Å². The van der Waals surface area contributed by atoms with Gasteiger partial charge in [-0.3, -0.25) is 4.79 Å². The maximum Gasteiger partial charge on any atom is 0.239 e. The molecule has 0 aliphatic rings. The van der Waals surface area contributed by atoms with Crippen molar-refractivity contribution >= 4 is 18.3 Å². The summed E-state index contributed by atoms with van der Waals surface area (Å²) in [5.74, 6) is -0.135. The Bertz CT molecular complexity index is 393. The van der Waals surface area contributed by atoms with E-state index in [9.17, 15) is 9.90 Å². The number of nitrogens with zero attached hydrogens (tertiary/aromatic N) is 1. The molecule has 19 heavy (non-hydrogen) atoms. The molecular weight excluding hydrogens is 264 g/mol. The standard InChI is InChI=1S/C14H22N2O2.ClH/c1-4-16(14(18)11(3)15)9-13(17)12-7-5-10(2)6-8-12;/h5-8,11,13,17H,4,9,15H2,1-3H3;1H/t11-,13?;/m0./s1. The largest absolute Gasteiger partial charge is 0.387 e. The van der Waals surface area contributed by atoms with Gasteiger partial charge in [-0.25, -0.2) is 0 Å². The van der Waals surface area contributed by atoms with Gasteiger partial charge in [0.05, 0.1) is 18.7 Å². The van der Waals surface area contributed by atoms with Crippen molar-refractivity contribution < 1.29 is 9.90 Å². The number of aliphatic hydroxyl groups excluding tert-OH is 1. The fourth-order valence-electron chi connectivity index (χ4n) is 1.77. The first-order valence-electron chi connectivity index (χ1n) is 6.24. The van der Waals surface area contributed by atoms with Crippen molar-refractivity contribution in [3.63, 3.8) is 0 Å². The molecule has 0 radical (unpaired) electrons. The zero-order chi connectivity index (χ0) is 13.7. The Morgan fingerprint density at radius 1 is 1.37 bits per heavy atom. The number of rotatable bonds is 5. The fourth-order valence-corrected chi connectivity index (χ4v) is 1.77. The molecule has 1 aromatic carbocycles. The van der Waals surface area contributed by atoms with Crippen LogP contribution in [0.5, 0.6) is 0 Å². The molecule has 108 valence electrons. The lowest BCUT2D eigenvalue weighted by Gasteiger charge is -2.25. The molecule has 4 nitrogen and oxygen atoms in total. The minimum Gasteiger partial charge on any atom is -0.387 e. The van der Waals surface area contributed by atoms with Crippen LogP contribution >= 0.6 is 12.4 Å². The van der Waals surface area contributed by atoms with E-state index in [2.05, 4.69) is 0 Å². The molecule has 1 aromatic rings. The maximum atomic E-state index is 11.8. The van der Waals surface area contributed by atoms with Gasteiger partial charge in [0.2, 0.25) is 5.91 Å². The summed E-state index contributed by atoms with van der Waals surface area (Å²) in [6.45, 7) is 6.35. The summed E-state index contributed by atoms with van der Waals surface area (Å²) in [6.07, 6.45) is -0.673. The number of hydrogen-bond acceptors (Lipinski definition) is 3. The quantitative estimate of drug-likeness (QED) is 0.865. The number of benzene rings is 1. The van der Waals surface area contributed by atoms with Gasteiger partial charge in [-0.15, -0.1) is 12.4 Å². The van der Waals surface area contributed by atoms with Crippen LogP contribution in [0.1, 0.15) is 31.1 Å². The van der Waals surface area contributed by atoms with E-state index >= 15 is 0 Å². The lowest BCUT2D eigenvalue weighted by atomic mass is 10.1. The molecule has 0 saturated heterocycles. The maximum absolute atomic E-state index is 11.8. The Labute approximate surface area is 121 Å². The second kappa shape index (κ2) is 8.15. The second-order valence-electron chi connectivity index (χ2n) is 4.59. The van der Waals surface area contributed by atoms with Crippen LogP contribution in [0.25, 0.3) is 0 Å². The van der Waals surface area contributed by atoms with E-state index in [4.69, 9.17) is 5.73 Å². The minimum absolute atomic E-state index is 0. The zero-order valence-electron chi connectivity index (χ0n) is 11.7. The molecule has 0 bridgehead atoms. The van der Waals surface area contributed by atoms with Crippen LogP contribution in [-0.2, 0) is 4.79 Å². The first-order chi connectivity index (χ1) is 8.45. The van der Waals surface area contributed by atoms with Gasteiger partial charge in [-0.2, -0.15) is 0 Å². The van der Waals surface area contributed by atoms with E-state index < -0.39 is 12.1 Å². The third kappa shape index (κ3) is 5.19. The van der Waals surface area contributed by atoms with Crippen molar-refractivity contribution in [1.29, 1.82) is 0 Å². The molecule has 0 spiro atoms. The number of aryl methyl sites for hydroxylation is 1. The molecule has 1 unspecified atom stereocenters. The Balaban J connectivity index is 0.00000324. The predicted molar refractivity (Wildman–Crippen MR) is 79.3 cm³/mol. The van der Waals surface area contributed by atoms with Crippen LogP contribution < -0.4 is 5.73 Å². The van der Waals surface area contributed by atoms with Crippen molar-refractivity contribution in [2.24, 2.45) is 5.73 Å². The number of likely N-dealkylation sites (N-methyl/N-ethyl adjacent to an activating group) is 1. The highest BCUT2D eigenvalue weighted by Crippen LogP contribution is 2.15. The van der Waals surface area contributed by atoms with Crippen LogP contribution in [0, 0.1) is 6.92 Å². The molecule has 0 aliphatic heterocycles. The molecule has 0 heterocycles. The van der Waals surface area contributed by atoms with E-state index in [0.717, 1.165) is 11.1 Å². The van der Waals surface area contributed by atoms with E-state index in [-0.39, 0.29) is 24.9 Å². The average Bonchev–Trinajstić information content (AvgIpc) is 2.35. The summed E-state index contributed by atoms with van der Waals surface area (Å²) < 4.78 is 0. The van der Waals surface area contributed by atoms with Gasteiger partial charge >= 0.3 is 0 Å². The van der Waals surface area contributed by atoms with Crippen LogP contribution in [0.4, 0.5) is 0 Å². The summed E-state index contributed by atoms with van der Waals surface area (Å²) >= 11 is 0. The van der Waals surface area contributed by atoms with Gasteiger partial charge < -0.3 is 15.7 Å². The SMILES string of the molecule is CCN(CC(O)c1ccc(C)cc1)C(=O)[C@H](C)N.Cl. The number of nitrogens with two attached hydrogens (primary N) is 1. The number of carbonyl (C=O) groups excluding carboxylic acids is 1. The van der Waals surface area contributed by atoms with Crippen molar-refractivity contribution in [3.05, 3.63) is 35.4 Å². The summed E-state index contributed by atoms with van der Waals surface area (Å²) in [4.78, 5) is 13.4. The van der Waals surface area contributed by atoms with Gasteiger partial charge in [0, 0.05) is 6.54 Å². The van der Waals surface area contributed by atoms with E-state index in [1.807, 2.05) is 38.1 Å². The predicted octanol–water partition coefficient (Wildman–Crippen LogP) is 1.65. The number of amides is 1. The summed E-state index contributed by atoms with van der Waals surface area (Å²) in [5, 5.41) is 10.1. The molecule has 0 aliphatic carbocycles. The molecule has 2 atom stereocenters. The Morgan fingerprint density at radius 2 is 1.89 bits per heavy atom.